The summed E-state index contributed by atoms with van der Waals surface area (Å²) in [6.07, 6.45) is 0. The number of thioether (sulfide) groups is 1. The summed E-state index contributed by atoms with van der Waals surface area (Å²) in [6.45, 7) is 6.62. The lowest BCUT2D eigenvalue weighted by atomic mass is 10.1. The molecule has 0 radical (unpaired) electrons. The monoisotopic (exact) mass is 381 g/mol. The molecule has 2 aromatic carbocycles. The molecule has 140 valence electrons. The molecule has 6 nitrogen and oxygen atoms in total. The molecule has 7 heteroatoms. The Kier molecular flexibility index (Phi) is 6.13. The van der Waals surface area contributed by atoms with E-state index in [9.17, 15) is 4.79 Å². The highest BCUT2D eigenvalue weighted by atomic mass is 32.2. The van der Waals surface area contributed by atoms with Crippen LogP contribution >= 0.6 is 11.8 Å². The Morgan fingerprint density at radius 2 is 1.70 bits per heavy atom. The summed E-state index contributed by atoms with van der Waals surface area (Å²) in [7, 11) is 0. The van der Waals surface area contributed by atoms with E-state index in [1.807, 2.05) is 38.1 Å². The van der Waals surface area contributed by atoms with Gasteiger partial charge in [0.05, 0.1) is 12.3 Å². The number of carbonyl (C=O) groups is 1. The Hall–Kier alpha value is -2.80. The quantitative estimate of drug-likeness (QED) is 0.537. The maximum Gasteiger partial charge on any atom is 0.234 e. The van der Waals surface area contributed by atoms with Crippen LogP contribution in [0, 0.1) is 20.8 Å². The number of hydrogen-bond acceptors (Lipinski definition) is 5. The number of carbonyl (C=O) groups excluding carboxylic acids is 1. The van der Waals surface area contributed by atoms with Crippen LogP contribution in [0.5, 0.6) is 0 Å². The lowest BCUT2D eigenvalue weighted by Crippen LogP contribution is -2.14. The summed E-state index contributed by atoms with van der Waals surface area (Å²) in [5.41, 5.74) is 5.31. The highest BCUT2D eigenvalue weighted by molar-refractivity contribution is 7.99. The van der Waals surface area contributed by atoms with Crippen LogP contribution in [0.25, 0.3) is 0 Å². The van der Waals surface area contributed by atoms with Crippen molar-refractivity contribution in [2.75, 3.05) is 16.4 Å². The number of anilines is 2. The summed E-state index contributed by atoms with van der Waals surface area (Å²) in [4.78, 5) is 16.5. The second kappa shape index (κ2) is 8.73. The van der Waals surface area contributed by atoms with Crippen LogP contribution < -0.4 is 10.6 Å². The zero-order valence-corrected chi connectivity index (χ0v) is 16.5. The van der Waals surface area contributed by atoms with Gasteiger partial charge in [0.2, 0.25) is 11.1 Å². The zero-order valence-electron chi connectivity index (χ0n) is 15.7. The minimum absolute atomic E-state index is 0.0749. The van der Waals surface area contributed by atoms with Gasteiger partial charge in [0.15, 0.2) is 0 Å². The van der Waals surface area contributed by atoms with Crippen molar-refractivity contribution in [3.05, 3.63) is 65.0 Å². The van der Waals surface area contributed by atoms with Crippen LogP contribution in [0.15, 0.2) is 47.6 Å². The normalized spacial score (nSPS) is 10.6. The lowest BCUT2D eigenvalue weighted by Gasteiger charge is -2.06. The van der Waals surface area contributed by atoms with Gasteiger partial charge in [-0.3, -0.25) is 9.89 Å². The molecule has 1 aromatic heterocycles. The van der Waals surface area contributed by atoms with Gasteiger partial charge in [-0.05, 0) is 56.2 Å². The molecular formula is C20H23N5OS. The number of nitrogens with one attached hydrogen (secondary N) is 3. The fourth-order valence-electron chi connectivity index (χ4n) is 2.65. The molecule has 0 fully saturated rings. The molecule has 3 rings (SSSR count). The molecule has 1 amide bonds. The van der Waals surface area contributed by atoms with Crippen LogP contribution in [0.4, 0.5) is 11.4 Å². The highest BCUT2D eigenvalue weighted by Gasteiger charge is 2.08. The first kappa shape index (κ1) is 19.0. The second-order valence-electron chi connectivity index (χ2n) is 6.50. The van der Waals surface area contributed by atoms with Gasteiger partial charge in [-0.25, -0.2) is 4.98 Å². The minimum Gasteiger partial charge on any atom is -0.378 e. The van der Waals surface area contributed by atoms with Gasteiger partial charge >= 0.3 is 0 Å². The number of benzene rings is 2. The first-order valence-corrected chi connectivity index (χ1v) is 9.69. The topological polar surface area (TPSA) is 82.7 Å². The van der Waals surface area contributed by atoms with Gasteiger partial charge in [-0.15, -0.1) is 5.10 Å². The number of H-pyrrole nitrogens is 1. The SMILES string of the molecule is Cc1ccc(NCc2nc(SCC(=O)Nc3cc(C)cc(C)c3)n[nH]2)cc1. The number of nitrogens with zero attached hydrogens (tertiary/aromatic N) is 2. The van der Waals surface area contributed by atoms with Gasteiger partial charge in [0.1, 0.15) is 5.82 Å². The smallest absolute Gasteiger partial charge is 0.234 e. The standard InChI is InChI=1S/C20H23N5OS/c1-13-4-6-16(7-5-13)21-11-18-23-20(25-24-18)27-12-19(26)22-17-9-14(2)8-15(3)10-17/h4-10,21H,11-12H2,1-3H3,(H,22,26)(H,23,24,25). The van der Waals surface area contributed by atoms with E-state index in [1.165, 1.54) is 17.3 Å². The maximum atomic E-state index is 12.1. The highest BCUT2D eigenvalue weighted by Crippen LogP contribution is 2.17. The molecule has 1 heterocycles. The van der Waals surface area contributed by atoms with Crippen LogP contribution in [0.1, 0.15) is 22.5 Å². The molecule has 3 N–H and O–H groups in total. The van der Waals surface area contributed by atoms with Crippen LogP contribution in [0.3, 0.4) is 0 Å². The Labute approximate surface area is 163 Å². The van der Waals surface area contributed by atoms with E-state index >= 15 is 0 Å². The van der Waals surface area contributed by atoms with Crippen molar-refractivity contribution in [3.63, 3.8) is 0 Å². The van der Waals surface area contributed by atoms with Crippen molar-refractivity contribution in [2.24, 2.45) is 0 Å². The molecule has 27 heavy (non-hydrogen) atoms. The van der Waals surface area contributed by atoms with Gasteiger partial charge < -0.3 is 10.6 Å². The molecule has 0 saturated heterocycles. The van der Waals surface area contributed by atoms with Crippen LogP contribution in [0.2, 0.25) is 0 Å². The van der Waals surface area contributed by atoms with E-state index < -0.39 is 0 Å². The summed E-state index contributed by atoms with van der Waals surface area (Å²) in [5.74, 6) is 0.914. The molecule has 0 spiro atoms. The van der Waals surface area contributed by atoms with Gasteiger partial charge in [-0.1, -0.05) is 35.5 Å². The Balaban J connectivity index is 1.47. The number of aromatic nitrogens is 3. The number of amides is 1. The van der Waals surface area contributed by atoms with E-state index in [0.717, 1.165) is 28.3 Å². The molecule has 0 aliphatic rings. The summed E-state index contributed by atoms with van der Waals surface area (Å²) in [6, 6.07) is 14.1. The largest absolute Gasteiger partial charge is 0.378 e. The molecule has 0 aliphatic carbocycles. The molecule has 3 aromatic rings. The van der Waals surface area contributed by atoms with Crippen molar-refractivity contribution in [3.8, 4) is 0 Å². The minimum atomic E-state index is -0.0749. The first-order chi connectivity index (χ1) is 13.0. The van der Waals surface area contributed by atoms with Gasteiger partial charge in [-0.2, -0.15) is 0 Å². The molecule has 0 aliphatic heterocycles. The molecule has 0 saturated carbocycles. The van der Waals surface area contributed by atoms with Gasteiger partial charge in [0.25, 0.3) is 0 Å². The fourth-order valence-corrected chi connectivity index (χ4v) is 3.27. The third kappa shape index (κ3) is 5.86. The zero-order chi connectivity index (χ0) is 19.2. The van der Waals surface area contributed by atoms with E-state index in [-0.39, 0.29) is 11.7 Å². The average Bonchev–Trinajstić information content (AvgIpc) is 3.06. The Morgan fingerprint density at radius 3 is 2.41 bits per heavy atom. The van der Waals surface area contributed by atoms with Crippen molar-refractivity contribution < 1.29 is 4.79 Å². The molecular weight excluding hydrogens is 358 g/mol. The van der Waals surface area contributed by atoms with Crippen LogP contribution in [-0.2, 0) is 11.3 Å². The van der Waals surface area contributed by atoms with Gasteiger partial charge in [0, 0.05) is 11.4 Å². The number of rotatable bonds is 7. The number of hydrogen-bond donors (Lipinski definition) is 3. The average molecular weight is 382 g/mol. The van der Waals surface area contributed by atoms with E-state index in [0.29, 0.717) is 11.7 Å². The third-order valence-electron chi connectivity index (χ3n) is 3.86. The van der Waals surface area contributed by atoms with Crippen molar-refractivity contribution in [2.45, 2.75) is 32.5 Å². The number of aryl methyl sites for hydroxylation is 3. The third-order valence-corrected chi connectivity index (χ3v) is 4.71. The van der Waals surface area contributed by atoms with E-state index in [1.54, 1.807) is 0 Å². The predicted octanol–water partition coefficient (Wildman–Crippen LogP) is 4.07. The Bertz CT molecular complexity index is 900. The molecule has 0 bridgehead atoms. The summed E-state index contributed by atoms with van der Waals surface area (Å²) in [5, 5.41) is 13.8. The predicted molar refractivity (Wildman–Crippen MR) is 110 cm³/mol. The summed E-state index contributed by atoms with van der Waals surface area (Å²) >= 11 is 1.31. The van der Waals surface area contributed by atoms with Crippen molar-refractivity contribution in [1.29, 1.82) is 0 Å². The Morgan fingerprint density at radius 1 is 1.00 bits per heavy atom. The maximum absolute atomic E-state index is 12.1. The second-order valence-corrected chi connectivity index (χ2v) is 7.44. The van der Waals surface area contributed by atoms with E-state index in [2.05, 4.69) is 50.9 Å². The molecule has 0 atom stereocenters. The molecule has 0 unspecified atom stereocenters. The van der Waals surface area contributed by atoms with Crippen molar-refractivity contribution >= 4 is 29.0 Å². The van der Waals surface area contributed by atoms with Crippen LogP contribution in [-0.4, -0.2) is 26.8 Å². The fraction of sp³-hybridized carbons (Fsp3) is 0.250. The van der Waals surface area contributed by atoms with Crippen molar-refractivity contribution in [1.82, 2.24) is 15.2 Å². The van der Waals surface area contributed by atoms with E-state index in [4.69, 9.17) is 0 Å². The lowest BCUT2D eigenvalue weighted by molar-refractivity contribution is -0.113. The first-order valence-electron chi connectivity index (χ1n) is 8.71. The number of aromatic amines is 1. The summed E-state index contributed by atoms with van der Waals surface area (Å²) < 4.78 is 0.